The van der Waals surface area contributed by atoms with Crippen LogP contribution in [-0.4, -0.2) is 33.0 Å². The molecule has 1 aromatic carbocycles. The molecule has 0 atom stereocenters. The van der Waals surface area contributed by atoms with Crippen LogP contribution in [0.15, 0.2) is 12.1 Å². The Bertz CT molecular complexity index is 473. The lowest BCUT2D eigenvalue weighted by molar-refractivity contribution is -0.0927. The molecule has 1 fully saturated rings. The second-order valence-corrected chi connectivity index (χ2v) is 5.77. The van der Waals surface area contributed by atoms with Crippen molar-refractivity contribution in [1.29, 1.82) is 0 Å². The molecule has 0 saturated carbocycles. The molecule has 0 radical (unpaired) electrons. The zero-order valence-corrected chi connectivity index (χ0v) is 12.4. The summed E-state index contributed by atoms with van der Waals surface area (Å²) in [6, 6.07) is 4.01. The lowest BCUT2D eigenvalue weighted by atomic mass is 9.65. The van der Waals surface area contributed by atoms with Gasteiger partial charge < -0.3 is 19.9 Å². The van der Waals surface area contributed by atoms with Crippen molar-refractivity contribution < 1.29 is 14.2 Å². The van der Waals surface area contributed by atoms with Crippen LogP contribution in [0.3, 0.4) is 0 Å². The summed E-state index contributed by atoms with van der Waals surface area (Å²) in [6.07, 6.45) is 0. The second kappa shape index (κ2) is 4.69. The van der Waals surface area contributed by atoms with Crippen LogP contribution in [0.1, 0.15) is 25.0 Å². The fraction of sp³-hybridized carbons (Fsp3) is 0.600. The number of nitrogens with two attached hydrogens (primary N) is 1. The van der Waals surface area contributed by atoms with Gasteiger partial charge in [0.25, 0.3) is 0 Å². The molecule has 0 aliphatic carbocycles. The van der Waals surface area contributed by atoms with Crippen LogP contribution >= 0.6 is 0 Å². The molecule has 1 heterocycles. The topological polar surface area (TPSA) is 53.7 Å². The van der Waals surface area contributed by atoms with Crippen molar-refractivity contribution >= 4 is 0 Å². The summed E-state index contributed by atoms with van der Waals surface area (Å²) in [5.41, 5.74) is 7.91. The average molecular weight is 265 g/mol. The van der Waals surface area contributed by atoms with Crippen LogP contribution in [-0.2, 0) is 10.2 Å². The minimum atomic E-state index is -0.375. The number of hydrogen-bond acceptors (Lipinski definition) is 4. The van der Waals surface area contributed by atoms with E-state index in [2.05, 4.69) is 0 Å². The monoisotopic (exact) mass is 265 g/mol. The number of hydrogen-bond donors (Lipinski definition) is 1. The molecule has 1 aliphatic heterocycles. The van der Waals surface area contributed by atoms with Gasteiger partial charge in [-0.15, -0.1) is 0 Å². The highest BCUT2D eigenvalue weighted by atomic mass is 16.5. The highest BCUT2D eigenvalue weighted by Gasteiger charge is 2.52. The van der Waals surface area contributed by atoms with Crippen molar-refractivity contribution in [1.82, 2.24) is 0 Å². The summed E-state index contributed by atoms with van der Waals surface area (Å²) in [4.78, 5) is 0. The molecule has 0 amide bonds. The van der Waals surface area contributed by atoms with Crippen LogP contribution in [0, 0.1) is 6.92 Å². The number of benzene rings is 1. The maximum absolute atomic E-state index is 6.39. The van der Waals surface area contributed by atoms with Crippen molar-refractivity contribution in [3.05, 3.63) is 23.3 Å². The third-order valence-electron chi connectivity index (χ3n) is 4.23. The predicted molar refractivity (Wildman–Crippen MR) is 75.0 cm³/mol. The molecule has 2 rings (SSSR count). The first-order chi connectivity index (χ1) is 8.87. The van der Waals surface area contributed by atoms with E-state index in [0.29, 0.717) is 13.2 Å². The van der Waals surface area contributed by atoms with Gasteiger partial charge in [-0.1, -0.05) is 6.07 Å². The smallest absolute Gasteiger partial charge is 0.129 e. The zero-order chi connectivity index (χ0) is 14.3. The largest absolute Gasteiger partial charge is 0.496 e. The Balaban J connectivity index is 2.59. The number of methoxy groups -OCH3 is 2. The predicted octanol–water partition coefficient (Wildman–Crippen LogP) is 2.02. The molecule has 1 aliphatic rings. The Morgan fingerprint density at radius 2 is 1.84 bits per heavy atom. The van der Waals surface area contributed by atoms with Gasteiger partial charge in [0.15, 0.2) is 0 Å². The summed E-state index contributed by atoms with van der Waals surface area (Å²) in [6.45, 7) is 7.32. The Hall–Kier alpha value is -1.26. The van der Waals surface area contributed by atoms with Gasteiger partial charge >= 0.3 is 0 Å². The summed E-state index contributed by atoms with van der Waals surface area (Å²) in [7, 11) is 3.35. The van der Waals surface area contributed by atoms with E-state index in [1.807, 2.05) is 32.9 Å². The van der Waals surface area contributed by atoms with E-state index >= 15 is 0 Å². The molecular weight excluding hydrogens is 242 g/mol. The van der Waals surface area contributed by atoms with Crippen molar-refractivity contribution in [3.8, 4) is 11.5 Å². The van der Waals surface area contributed by atoms with Gasteiger partial charge in [-0.2, -0.15) is 0 Å². The lowest BCUT2D eigenvalue weighted by Gasteiger charge is -2.51. The quantitative estimate of drug-likeness (QED) is 0.905. The lowest BCUT2D eigenvalue weighted by Crippen LogP contribution is -2.64. The molecule has 2 N–H and O–H groups in total. The molecule has 0 spiro atoms. The van der Waals surface area contributed by atoms with Gasteiger partial charge in [0, 0.05) is 16.7 Å². The van der Waals surface area contributed by atoms with Crippen LogP contribution < -0.4 is 15.2 Å². The van der Waals surface area contributed by atoms with E-state index in [1.54, 1.807) is 14.2 Å². The Morgan fingerprint density at radius 3 is 2.21 bits per heavy atom. The molecular formula is C15H23NO3. The Morgan fingerprint density at radius 1 is 1.21 bits per heavy atom. The van der Waals surface area contributed by atoms with Crippen molar-refractivity contribution in [3.63, 3.8) is 0 Å². The second-order valence-electron chi connectivity index (χ2n) is 5.77. The minimum Gasteiger partial charge on any atom is -0.496 e. The van der Waals surface area contributed by atoms with E-state index in [1.165, 1.54) is 0 Å². The molecule has 0 bridgehead atoms. The fourth-order valence-corrected chi connectivity index (χ4v) is 2.72. The molecule has 19 heavy (non-hydrogen) atoms. The normalized spacial score (nSPS) is 17.8. The van der Waals surface area contributed by atoms with Gasteiger partial charge in [-0.3, -0.25) is 0 Å². The SMILES string of the molecule is COc1ccc(C2(C(C)(C)N)COC2)c(OC)c1C. The first-order valence-electron chi connectivity index (χ1n) is 6.46. The first-order valence-corrected chi connectivity index (χ1v) is 6.46. The van der Waals surface area contributed by atoms with Crippen LogP contribution in [0.2, 0.25) is 0 Å². The van der Waals surface area contributed by atoms with Gasteiger partial charge in [-0.25, -0.2) is 0 Å². The van der Waals surface area contributed by atoms with Gasteiger partial charge in [0.1, 0.15) is 11.5 Å². The zero-order valence-electron chi connectivity index (χ0n) is 12.4. The highest BCUT2D eigenvalue weighted by molar-refractivity contribution is 5.54. The fourth-order valence-electron chi connectivity index (χ4n) is 2.72. The summed E-state index contributed by atoms with van der Waals surface area (Å²) in [5, 5.41) is 0. The van der Waals surface area contributed by atoms with Gasteiger partial charge in [-0.05, 0) is 26.8 Å². The summed E-state index contributed by atoms with van der Waals surface area (Å²) < 4.78 is 16.4. The number of ether oxygens (including phenoxy) is 3. The molecule has 4 heteroatoms. The minimum absolute atomic E-state index is 0.199. The maximum atomic E-state index is 6.39. The molecule has 0 unspecified atom stereocenters. The first kappa shape index (κ1) is 14.2. The average Bonchev–Trinajstić information content (AvgIpc) is 2.26. The van der Waals surface area contributed by atoms with Crippen molar-refractivity contribution in [2.75, 3.05) is 27.4 Å². The third-order valence-corrected chi connectivity index (χ3v) is 4.23. The third kappa shape index (κ3) is 1.99. The van der Waals surface area contributed by atoms with E-state index < -0.39 is 0 Å². The van der Waals surface area contributed by atoms with Gasteiger partial charge in [0.2, 0.25) is 0 Å². The Kier molecular flexibility index (Phi) is 3.49. The maximum Gasteiger partial charge on any atom is 0.129 e. The molecule has 4 nitrogen and oxygen atoms in total. The number of rotatable bonds is 4. The summed E-state index contributed by atoms with van der Waals surface area (Å²) in [5.74, 6) is 1.67. The molecule has 1 aromatic rings. The van der Waals surface area contributed by atoms with Crippen LogP contribution in [0.4, 0.5) is 0 Å². The molecule has 0 aromatic heterocycles. The van der Waals surface area contributed by atoms with E-state index in [4.69, 9.17) is 19.9 Å². The van der Waals surface area contributed by atoms with Crippen molar-refractivity contribution in [2.45, 2.75) is 31.7 Å². The van der Waals surface area contributed by atoms with Crippen molar-refractivity contribution in [2.24, 2.45) is 5.73 Å². The highest BCUT2D eigenvalue weighted by Crippen LogP contribution is 2.47. The van der Waals surface area contributed by atoms with Crippen LogP contribution in [0.25, 0.3) is 0 Å². The Labute approximate surface area is 114 Å². The van der Waals surface area contributed by atoms with E-state index in [9.17, 15) is 0 Å². The van der Waals surface area contributed by atoms with E-state index in [0.717, 1.165) is 22.6 Å². The molecule has 106 valence electrons. The molecule has 1 saturated heterocycles. The van der Waals surface area contributed by atoms with Crippen LogP contribution in [0.5, 0.6) is 11.5 Å². The van der Waals surface area contributed by atoms with E-state index in [-0.39, 0.29) is 11.0 Å². The standard InChI is InChI=1S/C15H23NO3/c1-10-12(17-4)7-6-11(13(10)18-5)15(8-19-9-15)14(2,3)16/h6-7H,8-9,16H2,1-5H3. The summed E-state index contributed by atoms with van der Waals surface area (Å²) >= 11 is 0. The van der Waals surface area contributed by atoms with Gasteiger partial charge in [0.05, 0.1) is 32.8 Å².